The van der Waals surface area contributed by atoms with Crippen molar-refractivity contribution in [3.05, 3.63) is 430 Å². The molecule has 12 aromatic carbocycles. The van der Waals surface area contributed by atoms with Crippen molar-refractivity contribution < 1.29 is 28.5 Å². The predicted octanol–water partition coefficient (Wildman–Crippen LogP) is 32.1. The summed E-state index contributed by atoms with van der Waals surface area (Å²) in [6, 6.07) is 115. The molecule has 0 radical (unpaired) electrons. The van der Waals surface area contributed by atoms with Gasteiger partial charge in [0.1, 0.15) is 23.0 Å². The quantitative estimate of drug-likeness (QED) is 0.0285. The Morgan fingerprint density at radius 3 is 0.608 bits per heavy atom. The normalized spacial score (nSPS) is 12.2. The van der Waals surface area contributed by atoms with Crippen molar-refractivity contribution in [3.8, 4) is 112 Å². The van der Waals surface area contributed by atoms with Gasteiger partial charge in [-0.2, -0.15) is 0 Å². The zero-order valence-electron chi connectivity index (χ0n) is 82.7. The molecule has 0 atom stereocenters. The molecule has 0 spiro atoms. The second kappa shape index (κ2) is 41.9. The Morgan fingerprint density at radius 1 is 0.216 bits per heavy atom. The number of H-pyrrole nitrogens is 4. The van der Waals surface area contributed by atoms with Crippen LogP contribution >= 0.6 is 0 Å². The Hall–Kier alpha value is -18.4. The first kappa shape index (κ1) is 93.2. The van der Waals surface area contributed by atoms with Crippen molar-refractivity contribution in [3.63, 3.8) is 0 Å². The third-order valence-corrected chi connectivity index (χ3v) is 27.4. The van der Waals surface area contributed by atoms with Crippen LogP contribution in [0.2, 0.25) is 0 Å². The largest absolute Gasteiger partial charge is 0.493 e. The Morgan fingerprint density at radius 2 is 0.399 bits per heavy atom. The molecule has 23 rings (SSSR count). The van der Waals surface area contributed by atoms with Crippen molar-refractivity contribution >= 4 is 128 Å². The van der Waals surface area contributed by atoms with E-state index in [1.54, 1.807) is 0 Å². The minimum Gasteiger partial charge on any atom is -0.493 e. The molecule has 24 bridgehead atoms. The van der Waals surface area contributed by atoms with Crippen LogP contribution in [0.1, 0.15) is 143 Å². The van der Waals surface area contributed by atoms with Gasteiger partial charge >= 0.3 is 12.1 Å². The number of hydrogen-bond donors (Lipinski definition) is 8. The monoisotopic (exact) mass is 1930 g/mol. The first-order valence-electron chi connectivity index (χ1n) is 51.0. The molecule has 148 heavy (non-hydrogen) atoms. The maximum Gasteiger partial charge on any atom is 0.323 e. The smallest absolute Gasteiger partial charge is 0.323 e. The molecule has 0 fully saturated rings. The number of anilines is 4. The van der Waals surface area contributed by atoms with Crippen LogP contribution in [0, 0.1) is 0 Å². The van der Waals surface area contributed by atoms with Gasteiger partial charge in [-0.05, 0) is 238 Å². The number of carbonyl (C=O) groups is 2. The number of carbonyl (C=O) groups excluding carboxylic acids is 2. The van der Waals surface area contributed by atoms with Crippen LogP contribution in [-0.4, -0.2) is 78.4 Å². The number of benzene rings is 12. The van der Waals surface area contributed by atoms with Crippen molar-refractivity contribution in [2.45, 2.75) is 79.1 Å². The highest BCUT2D eigenvalue weighted by Gasteiger charge is 2.29. The van der Waals surface area contributed by atoms with Crippen LogP contribution in [-0.2, 0) is 25.7 Å². The van der Waals surface area contributed by atoms with Crippen LogP contribution in [0.4, 0.5) is 32.3 Å². The average Bonchev–Trinajstić information content (AvgIpc) is 1.59. The van der Waals surface area contributed by atoms with Gasteiger partial charge in [0.05, 0.1) is 72.0 Å². The molecule has 10 heterocycles. The second-order valence-corrected chi connectivity index (χ2v) is 37.7. The number of ether oxygens (including phenoxy) is 4. The first-order valence-corrected chi connectivity index (χ1v) is 51.0. The van der Waals surface area contributed by atoms with Gasteiger partial charge in [0.2, 0.25) is 0 Å². The molecular formula is C130H108N12O6. The highest BCUT2D eigenvalue weighted by Crippen LogP contribution is 2.47. The molecule has 4 aliphatic heterocycles. The fourth-order valence-electron chi connectivity index (χ4n) is 20.9. The molecule has 8 N–H and O–H groups in total. The zero-order valence-corrected chi connectivity index (χ0v) is 82.7. The number of nitrogens with one attached hydrogen (secondary N) is 8. The van der Waals surface area contributed by atoms with E-state index in [0.29, 0.717) is 92.8 Å². The SMILES string of the molecule is CCCOc1c2cccc1Cc1cc(NC(=O)Nc3ccc(-c4c5nc(c(-c6ccccc6)c6ccc([nH]6)c(-c6ccccc6)c6nc(c(-c7ccccc7)c7ccc4[nH]7)C=C6)C=C5)cc3)cc(c1OCCC)Cc1cc(NC(=O)Nc3ccc(-c4c5nc(c(-c6ccccc6)c6ccc([nH]6)c(-c6ccccc6)c6nc(c(-c7ccccc7)c7ccc4[nH]7)C=C6)C=C5)cc3)cc(c1OCCC)Cc1cccc(c1OCCC)C2. The number of nitrogens with zero attached hydrogens (tertiary/aromatic N) is 4. The van der Waals surface area contributed by atoms with Crippen molar-refractivity contribution in [2.24, 2.45) is 0 Å². The summed E-state index contributed by atoms with van der Waals surface area (Å²) in [6.07, 6.45) is 21.3. The number of hydrogen-bond acceptors (Lipinski definition) is 10. The number of rotatable bonds is 24. The van der Waals surface area contributed by atoms with Crippen LogP contribution in [0.3, 0.4) is 0 Å². The molecule has 724 valence electrons. The van der Waals surface area contributed by atoms with Gasteiger partial charge < -0.3 is 60.2 Å². The Balaban J connectivity index is 0.611. The number of aromatic nitrogens is 8. The molecule has 18 nitrogen and oxygen atoms in total. The van der Waals surface area contributed by atoms with Gasteiger partial charge in [-0.15, -0.1) is 0 Å². The molecule has 1 aliphatic carbocycles. The summed E-state index contributed by atoms with van der Waals surface area (Å²) < 4.78 is 28.1. The summed E-state index contributed by atoms with van der Waals surface area (Å²) in [5, 5.41) is 13.1. The van der Waals surface area contributed by atoms with Crippen LogP contribution in [0.5, 0.6) is 23.0 Å². The lowest BCUT2D eigenvalue weighted by molar-refractivity contribution is 0.261. The highest BCUT2D eigenvalue weighted by atomic mass is 16.5. The Labute approximate surface area is 858 Å². The third-order valence-electron chi connectivity index (χ3n) is 27.4. The summed E-state index contributed by atoms with van der Waals surface area (Å²) in [5.41, 5.74) is 37.9. The molecule has 0 saturated heterocycles. The molecule has 5 aliphatic rings. The topological polar surface area (TPSA) is 234 Å². The van der Waals surface area contributed by atoms with Crippen molar-refractivity contribution in [1.82, 2.24) is 39.9 Å². The van der Waals surface area contributed by atoms with Gasteiger partial charge in [0, 0.05) is 159 Å². The van der Waals surface area contributed by atoms with E-state index in [-0.39, 0.29) is 6.42 Å². The van der Waals surface area contributed by atoms with Crippen LogP contribution in [0.25, 0.3) is 182 Å². The Kier molecular flexibility index (Phi) is 26.4. The fourth-order valence-corrected chi connectivity index (χ4v) is 20.9. The lowest BCUT2D eigenvalue weighted by atomic mass is 9.90. The standard InChI is InChI=1S/C130H108N12O6/c1-5-69-145-125-89-41-27-43-91(125)74-93-77-99(133-129(143)131-97-49-45-87(46-50-97)123-113-65-61-109(139-113)119(83-33-19-11-20-34-83)105-57-53-101(135-105)117(81-29-15-9-16-30-81)102-54-58-106(136-102)120(84-35-21-12-22-36-84)110-62-66-114(123)140-110)79-95(127(93)147-71-7-3)76-96-80-100(78-94(128(96)148-72-8-4)75-92-44-28-42-90(73-89)126(92)146-70-6-2)134-130(144)132-98-51-47-88(48-52-98)124-115-67-63-111(141-115)121(85-37-23-13-24-38-85)107-59-55-103(137-107)118(82-31-17-10-18-32-82)104-56-60-108(138-104)122(86-39-25-14-26-40-86)112-64-68-116(124)142-112/h9-68,77-80,135,137,140,142H,5-8,69-76H2,1-4H3,(H2,131,133,143)(H2,132,134,144). The van der Waals surface area contributed by atoms with E-state index in [9.17, 15) is 0 Å². The van der Waals surface area contributed by atoms with E-state index in [2.05, 4.69) is 348 Å². The van der Waals surface area contributed by atoms with E-state index >= 15 is 9.59 Å². The minimum absolute atomic E-state index is 0.239. The molecule has 4 amide bonds. The fraction of sp³-hybridized carbons (Fsp3) is 0.123. The second-order valence-electron chi connectivity index (χ2n) is 37.7. The molecule has 0 unspecified atom stereocenters. The maximum atomic E-state index is 15.3. The summed E-state index contributed by atoms with van der Waals surface area (Å²) >= 11 is 0. The molecule has 18 heteroatoms. The van der Waals surface area contributed by atoms with E-state index in [0.717, 1.165) is 248 Å². The van der Waals surface area contributed by atoms with Gasteiger partial charge in [0.15, 0.2) is 0 Å². The van der Waals surface area contributed by atoms with Crippen molar-refractivity contribution in [1.29, 1.82) is 0 Å². The summed E-state index contributed by atoms with van der Waals surface area (Å²) in [5.74, 6) is 2.92. The van der Waals surface area contributed by atoms with Gasteiger partial charge in [0.25, 0.3) is 0 Å². The lowest BCUT2D eigenvalue weighted by Gasteiger charge is -2.24. The number of fused-ring (bicyclic) bond motifs is 24. The van der Waals surface area contributed by atoms with Crippen LogP contribution in [0.15, 0.2) is 340 Å². The number of para-hydroxylation sites is 2. The molecular weight excluding hydrogens is 1830 g/mol. The van der Waals surface area contributed by atoms with E-state index in [1.165, 1.54) is 0 Å². The lowest BCUT2D eigenvalue weighted by Crippen LogP contribution is -2.20. The molecule has 0 saturated carbocycles. The average molecular weight is 1930 g/mol. The summed E-state index contributed by atoms with van der Waals surface area (Å²) in [4.78, 5) is 68.4. The minimum atomic E-state index is -0.465. The van der Waals surface area contributed by atoms with Gasteiger partial charge in [-0.25, -0.2) is 29.5 Å². The van der Waals surface area contributed by atoms with Gasteiger partial charge in [-0.3, -0.25) is 0 Å². The van der Waals surface area contributed by atoms with E-state index in [1.807, 2.05) is 109 Å². The predicted molar refractivity (Wildman–Crippen MR) is 607 cm³/mol. The highest BCUT2D eigenvalue weighted by molar-refractivity contribution is 6.06. The first-order chi connectivity index (χ1) is 72.9. The maximum absolute atomic E-state index is 15.3. The van der Waals surface area contributed by atoms with Crippen LogP contribution < -0.4 is 40.2 Å². The molecule has 6 aromatic heterocycles. The summed E-state index contributed by atoms with van der Waals surface area (Å²) in [7, 11) is 0. The van der Waals surface area contributed by atoms with Gasteiger partial charge in [-0.1, -0.05) is 270 Å². The number of aromatic amines is 4. The van der Waals surface area contributed by atoms with E-state index in [4.69, 9.17) is 38.9 Å². The summed E-state index contributed by atoms with van der Waals surface area (Å²) in [6.45, 7) is 10.2. The Bertz CT molecular complexity index is 8070. The van der Waals surface area contributed by atoms with E-state index < -0.39 is 12.1 Å². The third kappa shape index (κ3) is 19.3. The number of amides is 4. The molecule has 18 aromatic rings. The zero-order chi connectivity index (χ0) is 99.9. The van der Waals surface area contributed by atoms with Crippen molar-refractivity contribution in [2.75, 3.05) is 47.7 Å². The number of urea groups is 2.